The van der Waals surface area contributed by atoms with Gasteiger partial charge in [-0.3, -0.25) is 9.69 Å². The maximum absolute atomic E-state index is 12.7. The molecule has 2 saturated heterocycles. The first kappa shape index (κ1) is 25.1. The van der Waals surface area contributed by atoms with E-state index in [0.717, 1.165) is 41.7 Å². The fraction of sp³-hybridized carbons (Fsp3) is 0.667. The summed E-state index contributed by atoms with van der Waals surface area (Å²) in [5, 5.41) is 0. The molecule has 0 bridgehead atoms. The van der Waals surface area contributed by atoms with E-state index in [1.807, 2.05) is 12.1 Å². The number of nitrogens with zero attached hydrogens (tertiary/aromatic N) is 2. The normalized spacial score (nSPS) is 19.4. The summed E-state index contributed by atoms with van der Waals surface area (Å²) in [5.74, 6) is -2.42. The summed E-state index contributed by atoms with van der Waals surface area (Å²) < 4.78 is 80.8. The highest BCUT2D eigenvalue weighted by molar-refractivity contribution is 9.10. The average molecular weight is 531 g/mol. The van der Waals surface area contributed by atoms with E-state index in [4.69, 9.17) is 0 Å². The predicted molar refractivity (Wildman–Crippen MR) is 110 cm³/mol. The van der Waals surface area contributed by atoms with E-state index in [0.29, 0.717) is 19.6 Å². The summed E-state index contributed by atoms with van der Waals surface area (Å²) in [5.41, 5.74) is 2.23. The molecule has 2 heterocycles. The Morgan fingerprint density at radius 3 is 2.16 bits per heavy atom. The number of rotatable bonds is 5. The van der Waals surface area contributed by atoms with E-state index in [1.165, 1.54) is 6.42 Å². The maximum atomic E-state index is 12.7. The Morgan fingerprint density at radius 1 is 1.00 bits per heavy atom. The molecule has 32 heavy (non-hydrogen) atoms. The number of alkyl halides is 6. The third kappa shape index (κ3) is 6.52. The Labute approximate surface area is 191 Å². The quantitative estimate of drug-likeness (QED) is 0.361. The van der Waals surface area contributed by atoms with Crippen LogP contribution in [0.5, 0.6) is 0 Å². The molecule has 180 valence electrons. The van der Waals surface area contributed by atoms with Gasteiger partial charge in [0.25, 0.3) is 6.10 Å². The van der Waals surface area contributed by atoms with E-state index >= 15 is 0 Å². The van der Waals surface area contributed by atoms with Crippen LogP contribution in [-0.4, -0.2) is 55.5 Å². The average Bonchev–Trinajstić information content (AvgIpc) is 2.72. The molecule has 0 saturated carbocycles. The Kier molecular flexibility index (Phi) is 8.01. The van der Waals surface area contributed by atoms with Gasteiger partial charge in [0, 0.05) is 29.8 Å². The summed E-state index contributed by atoms with van der Waals surface area (Å²) in [6.07, 6.45) is -11.7. The molecule has 2 aliphatic heterocycles. The van der Waals surface area contributed by atoms with Crippen molar-refractivity contribution < 1.29 is 35.9 Å². The minimum absolute atomic E-state index is 0.150. The molecule has 0 spiro atoms. The number of carbonyl (C=O) groups excluding carboxylic acids is 1. The second kappa shape index (κ2) is 10.2. The van der Waals surface area contributed by atoms with Gasteiger partial charge in [-0.1, -0.05) is 22.0 Å². The van der Waals surface area contributed by atoms with Crippen LogP contribution in [0.15, 0.2) is 22.7 Å². The number of halogens is 7. The Bertz CT molecular complexity index is 773. The van der Waals surface area contributed by atoms with Gasteiger partial charge in [-0.2, -0.15) is 26.3 Å². The van der Waals surface area contributed by atoms with E-state index in [2.05, 4.69) is 36.5 Å². The second-order valence-electron chi connectivity index (χ2n) is 8.27. The van der Waals surface area contributed by atoms with Gasteiger partial charge < -0.3 is 9.64 Å². The fourth-order valence-corrected chi connectivity index (χ4v) is 4.55. The SMILES string of the molecule is O=C(OC(C(F)(F)F)C(F)(F)F)C1CCN(Cc2ccc(Br)cc2N2CCCCC2)CC1. The summed E-state index contributed by atoms with van der Waals surface area (Å²) in [6.45, 7) is 3.30. The molecule has 2 aliphatic rings. The van der Waals surface area contributed by atoms with E-state index in [9.17, 15) is 31.1 Å². The predicted octanol–water partition coefficient (Wildman–Crippen LogP) is 5.69. The first-order valence-electron chi connectivity index (χ1n) is 10.5. The van der Waals surface area contributed by atoms with Crippen LogP contribution >= 0.6 is 15.9 Å². The van der Waals surface area contributed by atoms with Crippen LogP contribution < -0.4 is 4.90 Å². The number of hydrogen-bond donors (Lipinski definition) is 0. The number of carbonyl (C=O) groups is 1. The zero-order chi connectivity index (χ0) is 23.5. The molecule has 0 amide bonds. The van der Waals surface area contributed by atoms with Gasteiger partial charge in [-0.25, -0.2) is 0 Å². The molecule has 0 aromatic heterocycles. The molecule has 0 aliphatic carbocycles. The molecule has 1 aromatic carbocycles. The standard InChI is InChI=1S/C21H25BrF6N2O2/c22-16-5-4-15(17(12-16)30-8-2-1-3-9-30)13-29-10-6-14(7-11-29)18(31)32-19(20(23,24)25)21(26,27)28/h4-5,12,14,19H,1-3,6-11,13H2. The highest BCUT2D eigenvalue weighted by Gasteiger charge is 2.60. The number of benzene rings is 1. The zero-order valence-electron chi connectivity index (χ0n) is 17.3. The van der Waals surface area contributed by atoms with Crippen molar-refractivity contribution in [3.63, 3.8) is 0 Å². The Balaban J connectivity index is 1.59. The summed E-state index contributed by atoms with van der Waals surface area (Å²) in [6, 6.07) is 6.03. The van der Waals surface area contributed by atoms with Gasteiger partial charge >= 0.3 is 18.3 Å². The van der Waals surface area contributed by atoms with E-state index < -0.39 is 30.3 Å². The van der Waals surface area contributed by atoms with Gasteiger partial charge in [-0.15, -0.1) is 0 Å². The molecule has 0 N–H and O–H groups in total. The number of anilines is 1. The first-order valence-corrected chi connectivity index (χ1v) is 11.3. The lowest BCUT2D eigenvalue weighted by molar-refractivity contribution is -0.314. The molecule has 0 unspecified atom stereocenters. The maximum Gasteiger partial charge on any atom is 0.434 e. The molecule has 3 rings (SSSR count). The van der Waals surface area contributed by atoms with Gasteiger partial charge in [0.2, 0.25) is 0 Å². The van der Waals surface area contributed by atoms with Gasteiger partial charge in [0.05, 0.1) is 5.92 Å². The van der Waals surface area contributed by atoms with Crippen molar-refractivity contribution in [1.82, 2.24) is 4.90 Å². The Morgan fingerprint density at radius 2 is 1.59 bits per heavy atom. The monoisotopic (exact) mass is 530 g/mol. The van der Waals surface area contributed by atoms with Crippen molar-refractivity contribution in [2.24, 2.45) is 5.92 Å². The molecule has 4 nitrogen and oxygen atoms in total. The summed E-state index contributed by atoms with van der Waals surface area (Å²) in [4.78, 5) is 16.4. The van der Waals surface area contributed by atoms with Crippen molar-refractivity contribution in [3.05, 3.63) is 28.2 Å². The third-order valence-electron chi connectivity index (χ3n) is 5.89. The van der Waals surface area contributed by atoms with Crippen molar-refractivity contribution in [2.75, 3.05) is 31.1 Å². The van der Waals surface area contributed by atoms with Crippen LogP contribution in [0.4, 0.5) is 32.0 Å². The zero-order valence-corrected chi connectivity index (χ0v) is 18.9. The lowest BCUT2D eigenvalue weighted by Gasteiger charge is -2.35. The number of hydrogen-bond acceptors (Lipinski definition) is 4. The van der Waals surface area contributed by atoms with Crippen molar-refractivity contribution >= 4 is 27.6 Å². The molecule has 2 fully saturated rings. The second-order valence-corrected chi connectivity index (χ2v) is 9.19. The highest BCUT2D eigenvalue weighted by atomic mass is 79.9. The minimum atomic E-state index is -5.69. The number of esters is 1. The Hall–Kier alpha value is -1.49. The van der Waals surface area contributed by atoms with Crippen LogP contribution in [0.25, 0.3) is 0 Å². The van der Waals surface area contributed by atoms with Crippen LogP contribution in [0.2, 0.25) is 0 Å². The van der Waals surface area contributed by atoms with Gasteiger partial charge in [-0.05, 0) is 62.9 Å². The number of ether oxygens (including phenoxy) is 1. The number of likely N-dealkylation sites (tertiary alicyclic amines) is 1. The minimum Gasteiger partial charge on any atom is -0.443 e. The van der Waals surface area contributed by atoms with Crippen LogP contribution in [0.3, 0.4) is 0 Å². The van der Waals surface area contributed by atoms with E-state index in [-0.39, 0.29) is 12.8 Å². The molecular weight excluding hydrogens is 506 g/mol. The molecule has 0 atom stereocenters. The fourth-order valence-electron chi connectivity index (χ4n) is 4.20. The largest absolute Gasteiger partial charge is 0.443 e. The summed E-state index contributed by atoms with van der Waals surface area (Å²) >= 11 is 3.51. The molecule has 11 heteroatoms. The van der Waals surface area contributed by atoms with Crippen molar-refractivity contribution in [3.8, 4) is 0 Å². The van der Waals surface area contributed by atoms with Crippen LogP contribution in [0.1, 0.15) is 37.7 Å². The van der Waals surface area contributed by atoms with Gasteiger partial charge in [0.15, 0.2) is 0 Å². The molecule has 0 radical (unpaired) electrons. The lowest BCUT2D eigenvalue weighted by Crippen LogP contribution is -2.47. The molecule has 1 aromatic rings. The lowest BCUT2D eigenvalue weighted by atomic mass is 9.96. The first-order chi connectivity index (χ1) is 14.9. The van der Waals surface area contributed by atoms with Crippen molar-refractivity contribution in [2.45, 2.75) is 57.1 Å². The molecular formula is C21H25BrF6N2O2. The third-order valence-corrected chi connectivity index (χ3v) is 6.38. The summed E-state index contributed by atoms with van der Waals surface area (Å²) in [7, 11) is 0. The van der Waals surface area contributed by atoms with Crippen LogP contribution in [-0.2, 0) is 16.1 Å². The van der Waals surface area contributed by atoms with Crippen molar-refractivity contribution in [1.29, 1.82) is 0 Å². The topological polar surface area (TPSA) is 32.8 Å². The number of piperidine rings is 2. The van der Waals surface area contributed by atoms with Gasteiger partial charge in [0.1, 0.15) is 0 Å². The smallest absolute Gasteiger partial charge is 0.434 e. The van der Waals surface area contributed by atoms with E-state index in [1.54, 1.807) is 0 Å². The van der Waals surface area contributed by atoms with Crippen LogP contribution in [0, 0.1) is 5.92 Å². The highest BCUT2D eigenvalue weighted by Crippen LogP contribution is 2.37.